The third kappa shape index (κ3) is 5.75. The molecular formula is C15H21F3N2O. The van der Waals surface area contributed by atoms with Gasteiger partial charge in [-0.15, -0.1) is 0 Å². The van der Waals surface area contributed by atoms with Crippen LogP contribution in [0.3, 0.4) is 0 Å². The molecule has 0 aliphatic rings. The maximum Gasteiger partial charge on any atom is 0.406 e. The predicted octanol–water partition coefficient (Wildman–Crippen LogP) is 3.10. The van der Waals surface area contributed by atoms with Crippen LogP contribution in [0, 0.1) is 0 Å². The normalized spacial score (nSPS) is 14.6. The van der Waals surface area contributed by atoms with Gasteiger partial charge in [-0.3, -0.25) is 4.79 Å². The second-order valence-corrected chi connectivity index (χ2v) is 5.43. The Morgan fingerprint density at radius 2 is 1.81 bits per heavy atom. The number of nitrogens with zero attached hydrogens (tertiary/aromatic N) is 1. The second-order valence-electron chi connectivity index (χ2n) is 5.43. The Bertz CT molecular complexity index is 458. The topological polar surface area (TPSA) is 46.3 Å². The standard InChI is InChI=1S/C15H21F3N2O/c1-3-9-14(2,19)13(21)20(11-15(16,17)18)10-12-7-5-4-6-8-12/h4-8H,3,9-11,19H2,1-2H3. The van der Waals surface area contributed by atoms with Gasteiger partial charge in [0, 0.05) is 6.54 Å². The fourth-order valence-corrected chi connectivity index (χ4v) is 2.21. The van der Waals surface area contributed by atoms with Gasteiger partial charge in [0.2, 0.25) is 5.91 Å². The van der Waals surface area contributed by atoms with E-state index in [2.05, 4.69) is 0 Å². The van der Waals surface area contributed by atoms with Crippen LogP contribution in [0.5, 0.6) is 0 Å². The van der Waals surface area contributed by atoms with Gasteiger partial charge in [0.05, 0.1) is 5.54 Å². The zero-order valence-electron chi connectivity index (χ0n) is 12.3. The molecule has 0 aliphatic carbocycles. The Morgan fingerprint density at radius 1 is 1.24 bits per heavy atom. The van der Waals surface area contributed by atoms with Crippen molar-refractivity contribution in [2.45, 2.75) is 44.9 Å². The van der Waals surface area contributed by atoms with Gasteiger partial charge < -0.3 is 10.6 Å². The van der Waals surface area contributed by atoms with Gasteiger partial charge in [-0.25, -0.2) is 0 Å². The minimum absolute atomic E-state index is 0.102. The van der Waals surface area contributed by atoms with Crippen molar-refractivity contribution in [1.29, 1.82) is 0 Å². The van der Waals surface area contributed by atoms with E-state index in [1.165, 1.54) is 6.92 Å². The average Bonchev–Trinajstić information content (AvgIpc) is 2.36. The molecule has 0 saturated heterocycles. The number of hydrogen-bond acceptors (Lipinski definition) is 2. The zero-order chi connectivity index (χ0) is 16.1. The lowest BCUT2D eigenvalue weighted by atomic mass is 9.95. The number of carbonyl (C=O) groups excluding carboxylic acids is 1. The van der Waals surface area contributed by atoms with Crippen LogP contribution >= 0.6 is 0 Å². The van der Waals surface area contributed by atoms with Crippen LogP contribution in [0.2, 0.25) is 0 Å². The molecule has 1 amide bonds. The van der Waals surface area contributed by atoms with E-state index in [-0.39, 0.29) is 6.54 Å². The molecule has 6 heteroatoms. The lowest BCUT2D eigenvalue weighted by Crippen LogP contribution is -2.54. The zero-order valence-corrected chi connectivity index (χ0v) is 12.3. The summed E-state index contributed by atoms with van der Waals surface area (Å²) in [7, 11) is 0. The van der Waals surface area contributed by atoms with E-state index in [0.717, 1.165) is 4.90 Å². The van der Waals surface area contributed by atoms with E-state index < -0.39 is 24.2 Å². The van der Waals surface area contributed by atoms with Crippen molar-refractivity contribution >= 4 is 5.91 Å². The monoisotopic (exact) mass is 302 g/mol. The number of benzene rings is 1. The molecule has 1 unspecified atom stereocenters. The molecule has 0 fully saturated rings. The fourth-order valence-electron chi connectivity index (χ4n) is 2.21. The van der Waals surface area contributed by atoms with Crippen molar-refractivity contribution in [3.8, 4) is 0 Å². The van der Waals surface area contributed by atoms with Crippen molar-refractivity contribution in [3.05, 3.63) is 35.9 Å². The second kappa shape index (κ2) is 6.93. The van der Waals surface area contributed by atoms with Gasteiger partial charge in [0.1, 0.15) is 6.54 Å². The summed E-state index contributed by atoms with van der Waals surface area (Å²) in [6.45, 7) is 1.92. The highest BCUT2D eigenvalue weighted by molar-refractivity contribution is 5.85. The molecule has 21 heavy (non-hydrogen) atoms. The molecule has 118 valence electrons. The Morgan fingerprint density at radius 3 is 2.29 bits per heavy atom. The first-order chi connectivity index (χ1) is 9.65. The van der Waals surface area contributed by atoms with Gasteiger partial charge in [-0.05, 0) is 18.9 Å². The molecule has 0 saturated carbocycles. The van der Waals surface area contributed by atoms with Crippen LogP contribution in [0.1, 0.15) is 32.3 Å². The quantitative estimate of drug-likeness (QED) is 0.877. The van der Waals surface area contributed by atoms with Crippen molar-refractivity contribution in [2.75, 3.05) is 6.54 Å². The van der Waals surface area contributed by atoms with E-state index in [9.17, 15) is 18.0 Å². The first-order valence-electron chi connectivity index (χ1n) is 6.84. The summed E-state index contributed by atoms with van der Waals surface area (Å²) in [5.41, 5.74) is 5.24. The maximum absolute atomic E-state index is 12.7. The minimum Gasteiger partial charge on any atom is -0.328 e. The molecular weight excluding hydrogens is 281 g/mol. The van der Waals surface area contributed by atoms with E-state index in [0.29, 0.717) is 18.4 Å². The molecule has 0 radical (unpaired) electrons. The first-order valence-corrected chi connectivity index (χ1v) is 6.84. The summed E-state index contributed by atoms with van der Waals surface area (Å²) in [6.07, 6.45) is -3.48. The summed E-state index contributed by atoms with van der Waals surface area (Å²) in [4.78, 5) is 13.1. The van der Waals surface area contributed by atoms with Gasteiger partial charge >= 0.3 is 6.18 Å². The van der Waals surface area contributed by atoms with Crippen molar-refractivity contribution < 1.29 is 18.0 Å². The van der Waals surface area contributed by atoms with E-state index in [1.54, 1.807) is 30.3 Å². The highest BCUT2D eigenvalue weighted by Gasteiger charge is 2.38. The van der Waals surface area contributed by atoms with Gasteiger partial charge in [-0.2, -0.15) is 13.2 Å². The summed E-state index contributed by atoms with van der Waals surface area (Å²) < 4.78 is 38.1. The van der Waals surface area contributed by atoms with Gasteiger partial charge in [-0.1, -0.05) is 43.7 Å². The number of nitrogens with two attached hydrogens (primary N) is 1. The Labute approximate surface area is 122 Å². The predicted molar refractivity (Wildman–Crippen MR) is 75.4 cm³/mol. The molecule has 0 aromatic heterocycles. The molecule has 0 bridgehead atoms. The lowest BCUT2D eigenvalue weighted by molar-refractivity contribution is -0.165. The average molecular weight is 302 g/mol. The maximum atomic E-state index is 12.7. The number of carbonyl (C=O) groups is 1. The molecule has 3 nitrogen and oxygen atoms in total. The van der Waals surface area contributed by atoms with Crippen LogP contribution < -0.4 is 5.73 Å². The molecule has 1 aromatic rings. The molecule has 1 atom stereocenters. The molecule has 1 rings (SSSR count). The SMILES string of the molecule is CCCC(C)(N)C(=O)N(Cc1ccccc1)CC(F)(F)F. The van der Waals surface area contributed by atoms with Crippen molar-refractivity contribution in [2.24, 2.45) is 5.73 Å². The van der Waals surface area contributed by atoms with Crippen LogP contribution in [0.15, 0.2) is 30.3 Å². The largest absolute Gasteiger partial charge is 0.406 e. The van der Waals surface area contributed by atoms with Crippen LogP contribution in [0.25, 0.3) is 0 Å². The highest BCUT2D eigenvalue weighted by atomic mass is 19.4. The van der Waals surface area contributed by atoms with Gasteiger partial charge in [0.25, 0.3) is 0 Å². The highest BCUT2D eigenvalue weighted by Crippen LogP contribution is 2.22. The molecule has 0 spiro atoms. The minimum atomic E-state index is -4.45. The summed E-state index contributed by atoms with van der Waals surface area (Å²) >= 11 is 0. The summed E-state index contributed by atoms with van der Waals surface area (Å²) in [5.74, 6) is -0.675. The third-order valence-corrected chi connectivity index (χ3v) is 3.13. The molecule has 0 aliphatic heterocycles. The summed E-state index contributed by atoms with van der Waals surface area (Å²) in [6, 6.07) is 8.58. The Hall–Kier alpha value is -1.56. The third-order valence-electron chi connectivity index (χ3n) is 3.13. The van der Waals surface area contributed by atoms with Crippen LogP contribution in [-0.4, -0.2) is 29.1 Å². The summed E-state index contributed by atoms with van der Waals surface area (Å²) in [5, 5.41) is 0. The first kappa shape index (κ1) is 17.5. The molecule has 1 aromatic carbocycles. The van der Waals surface area contributed by atoms with E-state index >= 15 is 0 Å². The van der Waals surface area contributed by atoms with Crippen molar-refractivity contribution in [3.63, 3.8) is 0 Å². The Balaban J connectivity index is 2.94. The fraction of sp³-hybridized carbons (Fsp3) is 0.533. The van der Waals surface area contributed by atoms with Crippen LogP contribution in [-0.2, 0) is 11.3 Å². The Kier molecular flexibility index (Phi) is 5.78. The number of halogens is 3. The van der Waals surface area contributed by atoms with Crippen LogP contribution in [0.4, 0.5) is 13.2 Å². The van der Waals surface area contributed by atoms with E-state index in [1.807, 2.05) is 6.92 Å². The number of rotatable bonds is 6. The number of hydrogen-bond donors (Lipinski definition) is 1. The number of alkyl halides is 3. The molecule has 0 heterocycles. The smallest absolute Gasteiger partial charge is 0.328 e. The molecule has 2 N–H and O–H groups in total. The van der Waals surface area contributed by atoms with Crippen molar-refractivity contribution in [1.82, 2.24) is 4.90 Å². The number of amides is 1. The lowest BCUT2D eigenvalue weighted by Gasteiger charge is -2.32. The van der Waals surface area contributed by atoms with Gasteiger partial charge in [0.15, 0.2) is 0 Å². The van der Waals surface area contributed by atoms with E-state index in [4.69, 9.17) is 5.73 Å².